The Morgan fingerprint density at radius 2 is 1.60 bits per heavy atom. The van der Waals surface area contributed by atoms with E-state index < -0.39 is 5.91 Å². The Morgan fingerprint density at radius 3 is 2.17 bits per heavy atom. The Labute approximate surface area is 176 Å². The number of carbonyl (C=O) groups is 2. The third kappa shape index (κ3) is 5.79. The molecule has 1 N–H and O–H groups in total. The number of hydrogen-bond donors (Lipinski definition) is 1. The first-order valence-corrected chi connectivity index (χ1v) is 9.41. The quantitative estimate of drug-likeness (QED) is 0.640. The van der Waals surface area contributed by atoms with Crippen molar-refractivity contribution in [3.8, 4) is 23.0 Å². The first-order valence-electron chi connectivity index (χ1n) is 9.41. The first kappa shape index (κ1) is 22.9. The van der Waals surface area contributed by atoms with Crippen LogP contribution in [0.2, 0.25) is 0 Å². The molecule has 0 radical (unpaired) electrons. The van der Waals surface area contributed by atoms with Gasteiger partial charge in [0.05, 0.1) is 34.4 Å². The zero-order valence-electron chi connectivity index (χ0n) is 18.0. The van der Waals surface area contributed by atoms with Gasteiger partial charge in [0.2, 0.25) is 11.7 Å². The van der Waals surface area contributed by atoms with Crippen molar-refractivity contribution in [1.29, 1.82) is 0 Å². The molecule has 0 heterocycles. The van der Waals surface area contributed by atoms with Gasteiger partial charge in [0.1, 0.15) is 12.4 Å². The van der Waals surface area contributed by atoms with Crippen LogP contribution in [-0.4, -0.2) is 64.8 Å². The molecule has 0 saturated carbocycles. The van der Waals surface area contributed by atoms with E-state index in [0.29, 0.717) is 36.0 Å². The Bertz CT molecular complexity index is 859. The summed E-state index contributed by atoms with van der Waals surface area (Å²) < 4.78 is 21.4. The van der Waals surface area contributed by atoms with Gasteiger partial charge >= 0.3 is 0 Å². The van der Waals surface area contributed by atoms with Gasteiger partial charge in [-0.1, -0.05) is 18.2 Å². The molecule has 8 heteroatoms. The Kier molecular flexibility index (Phi) is 8.34. The number of amides is 2. The van der Waals surface area contributed by atoms with E-state index in [-0.39, 0.29) is 12.5 Å². The number of carbonyl (C=O) groups excluding carboxylic acids is 2. The van der Waals surface area contributed by atoms with E-state index in [9.17, 15) is 9.59 Å². The smallest absolute Gasteiger partial charge is 0.251 e. The van der Waals surface area contributed by atoms with Crippen LogP contribution in [0.3, 0.4) is 0 Å². The van der Waals surface area contributed by atoms with Crippen LogP contribution in [0.15, 0.2) is 36.4 Å². The SMILES string of the molecule is COc1cc(C(=O)NCC(=O)N(C)CCOc2ccccc2C)cc(OC)c1OC. The molecule has 0 fully saturated rings. The van der Waals surface area contributed by atoms with Crippen LogP contribution >= 0.6 is 0 Å². The molecule has 0 aromatic heterocycles. The largest absolute Gasteiger partial charge is 0.493 e. The number of benzene rings is 2. The Hall–Kier alpha value is -3.42. The molecule has 2 aromatic carbocycles. The third-order valence-corrected chi connectivity index (χ3v) is 4.53. The van der Waals surface area contributed by atoms with Crippen molar-refractivity contribution in [2.24, 2.45) is 0 Å². The van der Waals surface area contributed by atoms with Crippen LogP contribution in [0.1, 0.15) is 15.9 Å². The molecular weight excluding hydrogens is 388 g/mol. The molecule has 2 rings (SSSR count). The molecule has 0 aliphatic carbocycles. The molecule has 0 aliphatic heterocycles. The highest BCUT2D eigenvalue weighted by Gasteiger charge is 2.18. The molecular formula is C22H28N2O6. The fourth-order valence-corrected chi connectivity index (χ4v) is 2.74. The molecule has 2 amide bonds. The highest BCUT2D eigenvalue weighted by atomic mass is 16.5. The van der Waals surface area contributed by atoms with E-state index in [1.807, 2.05) is 31.2 Å². The lowest BCUT2D eigenvalue weighted by Gasteiger charge is -2.18. The van der Waals surface area contributed by atoms with E-state index in [4.69, 9.17) is 18.9 Å². The molecule has 0 spiro atoms. The van der Waals surface area contributed by atoms with Crippen LogP contribution in [0.5, 0.6) is 23.0 Å². The van der Waals surface area contributed by atoms with Gasteiger partial charge in [0, 0.05) is 12.6 Å². The molecule has 0 unspecified atom stereocenters. The highest BCUT2D eigenvalue weighted by Crippen LogP contribution is 2.38. The number of ether oxygens (including phenoxy) is 4. The van der Waals surface area contributed by atoms with Crippen molar-refractivity contribution in [2.45, 2.75) is 6.92 Å². The van der Waals surface area contributed by atoms with Gasteiger partial charge in [0.25, 0.3) is 5.91 Å². The van der Waals surface area contributed by atoms with Gasteiger partial charge in [0.15, 0.2) is 11.5 Å². The van der Waals surface area contributed by atoms with Crippen molar-refractivity contribution >= 4 is 11.8 Å². The molecule has 0 aliphatic rings. The Balaban J connectivity index is 1.89. The summed E-state index contributed by atoms with van der Waals surface area (Å²) in [5.74, 6) is 1.24. The monoisotopic (exact) mass is 416 g/mol. The summed E-state index contributed by atoms with van der Waals surface area (Å²) in [6.07, 6.45) is 0. The summed E-state index contributed by atoms with van der Waals surface area (Å²) in [4.78, 5) is 26.3. The number of aryl methyl sites for hydroxylation is 1. The van der Waals surface area contributed by atoms with E-state index in [0.717, 1.165) is 11.3 Å². The zero-order chi connectivity index (χ0) is 22.1. The summed E-state index contributed by atoms with van der Waals surface area (Å²) in [5, 5.41) is 2.61. The van der Waals surface area contributed by atoms with Crippen LogP contribution in [0, 0.1) is 6.92 Å². The number of nitrogens with one attached hydrogen (secondary N) is 1. The number of rotatable bonds is 10. The lowest BCUT2D eigenvalue weighted by molar-refractivity contribution is -0.129. The standard InChI is InChI=1S/C22H28N2O6/c1-15-8-6-7-9-17(15)30-11-10-24(2)20(25)14-23-22(26)16-12-18(27-3)21(29-5)19(13-16)28-4/h6-9,12-13H,10-11,14H2,1-5H3,(H,23,26). The Morgan fingerprint density at radius 1 is 0.967 bits per heavy atom. The number of hydrogen-bond acceptors (Lipinski definition) is 6. The second kappa shape index (κ2) is 10.9. The third-order valence-electron chi connectivity index (χ3n) is 4.53. The second-order valence-corrected chi connectivity index (χ2v) is 6.53. The van der Waals surface area contributed by atoms with Crippen molar-refractivity contribution in [3.63, 3.8) is 0 Å². The zero-order valence-corrected chi connectivity index (χ0v) is 18.0. The maximum absolute atomic E-state index is 12.5. The summed E-state index contributed by atoms with van der Waals surface area (Å²) in [5.41, 5.74) is 1.33. The summed E-state index contributed by atoms with van der Waals surface area (Å²) >= 11 is 0. The predicted molar refractivity (Wildman–Crippen MR) is 113 cm³/mol. The molecule has 0 saturated heterocycles. The van der Waals surface area contributed by atoms with Crippen molar-refractivity contribution in [3.05, 3.63) is 47.5 Å². The van der Waals surface area contributed by atoms with E-state index in [2.05, 4.69) is 5.32 Å². The maximum atomic E-state index is 12.5. The lowest BCUT2D eigenvalue weighted by Crippen LogP contribution is -2.39. The minimum Gasteiger partial charge on any atom is -0.493 e. The van der Waals surface area contributed by atoms with Crippen LogP contribution in [0.25, 0.3) is 0 Å². The topological polar surface area (TPSA) is 86.3 Å². The number of likely N-dealkylation sites (N-methyl/N-ethyl adjacent to an activating group) is 1. The van der Waals surface area contributed by atoms with Gasteiger partial charge < -0.3 is 29.2 Å². The molecule has 162 valence electrons. The minimum atomic E-state index is -0.424. The molecule has 2 aromatic rings. The summed E-state index contributed by atoms with van der Waals surface area (Å²) in [6, 6.07) is 10.7. The first-order chi connectivity index (χ1) is 14.4. The van der Waals surface area contributed by atoms with Crippen LogP contribution < -0.4 is 24.3 Å². The van der Waals surface area contributed by atoms with Gasteiger partial charge in [-0.2, -0.15) is 0 Å². The lowest BCUT2D eigenvalue weighted by atomic mass is 10.1. The molecule has 0 atom stereocenters. The van der Waals surface area contributed by atoms with Gasteiger partial charge in [-0.25, -0.2) is 0 Å². The fourth-order valence-electron chi connectivity index (χ4n) is 2.74. The normalized spacial score (nSPS) is 10.2. The molecule has 8 nitrogen and oxygen atoms in total. The number of nitrogens with zero attached hydrogens (tertiary/aromatic N) is 1. The van der Waals surface area contributed by atoms with Crippen molar-refractivity contribution < 1.29 is 28.5 Å². The maximum Gasteiger partial charge on any atom is 0.251 e. The average Bonchev–Trinajstić information content (AvgIpc) is 2.77. The predicted octanol–water partition coefficient (Wildman–Crippen LogP) is 2.29. The van der Waals surface area contributed by atoms with Gasteiger partial charge in [-0.3, -0.25) is 9.59 Å². The van der Waals surface area contributed by atoms with Gasteiger partial charge in [-0.15, -0.1) is 0 Å². The average molecular weight is 416 g/mol. The van der Waals surface area contributed by atoms with E-state index in [1.54, 1.807) is 7.05 Å². The van der Waals surface area contributed by atoms with E-state index in [1.165, 1.54) is 38.4 Å². The minimum absolute atomic E-state index is 0.143. The van der Waals surface area contributed by atoms with Crippen LogP contribution in [0.4, 0.5) is 0 Å². The number of methoxy groups -OCH3 is 3. The summed E-state index contributed by atoms with van der Waals surface area (Å²) in [6.45, 7) is 2.57. The van der Waals surface area contributed by atoms with Crippen molar-refractivity contribution in [1.82, 2.24) is 10.2 Å². The highest BCUT2D eigenvalue weighted by molar-refractivity contribution is 5.97. The van der Waals surface area contributed by atoms with Crippen molar-refractivity contribution in [2.75, 3.05) is 48.1 Å². The molecule has 30 heavy (non-hydrogen) atoms. The number of para-hydroxylation sites is 1. The molecule has 0 bridgehead atoms. The fraction of sp³-hybridized carbons (Fsp3) is 0.364. The second-order valence-electron chi connectivity index (χ2n) is 6.53. The van der Waals surface area contributed by atoms with E-state index >= 15 is 0 Å². The van der Waals surface area contributed by atoms with Gasteiger partial charge in [-0.05, 0) is 30.7 Å². The van der Waals surface area contributed by atoms with Crippen LogP contribution in [-0.2, 0) is 4.79 Å². The summed E-state index contributed by atoms with van der Waals surface area (Å²) in [7, 11) is 6.08.